The van der Waals surface area contributed by atoms with Crippen molar-refractivity contribution >= 4 is 39.8 Å². The molecule has 5 nitrogen and oxygen atoms in total. The number of ether oxygens (including phenoxy) is 1. The number of nitrogens with two attached hydrogens (primary N) is 1. The van der Waals surface area contributed by atoms with Gasteiger partial charge in [0, 0.05) is 38.6 Å². The smallest absolute Gasteiger partial charge is 0.256 e. The van der Waals surface area contributed by atoms with Gasteiger partial charge in [0.25, 0.3) is 5.91 Å². The number of nitrogen functional groups attached to an aromatic ring is 1. The lowest BCUT2D eigenvalue weighted by Gasteiger charge is -2.19. The van der Waals surface area contributed by atoms with Crippen LogP contribution in [0.2, 0.25) is 5.02 Å². The second-order valence-corrected chi connectivity index (χ2v) is 8.68. The quantitative estimate of drug-likeness (QED) is 0.375. The number of fused-ring (bicyclic) bond motifs is 2. The zero-order valence-electron chi connectivity index (χ0n) is 18.1. The van der Waals surface area contributed by atoms with Crippen LogP contribution in [0.15, 0.2) is 66.7 Å². The molecule has 0 unspecified atom stereocenters. The Bertz CT molecular complexity index is 1340. The molecule has 3 N–H and O–H groups in total. The van der Waals surface area contributed by atoms with Crippen LogP contribution in [0.5, 0.6) is 5.75 Å². The molecule has 0 saturated heterocycles. The van der Waals surface area contributed by atoms with Gasteiger partial charge in [-0.3, -0.25) is 9.78 Å². The van der Waals surface area contributed by atoms with Crippen molar-refractivity contribution in [2.75, 3.05) is 11.1 Å². The molecular formula is C27H24ClN3O2. The fourth-order valence-corrected chi connectivity index (χ4v) is 4.42. The molecule has 0 atom stereocenters. The molecule has 0 bridgehead atoms. The third-order valence-corrected chi connectivity index (χ3v) is 6.29. The lowest BCUT2D eigenvalue weighted by atomic mass is 9.93. The van der Waals surface area contributed by atoms with Crippen LogP contribution in [0.4, 0.5) is 11.4 Å². The molecule has 4 aromatic rings. The van der Waals surface area contributed by atoms with Crippen molar-refractivity contribution < 1.29 is 9.53 Å². The Morgan fingerprint density at radius 1 is 1.03 bits per heavy atom. The number of halogens is 1. The summed E-state index contributed by atoms with van der Waals surface area (Å²) in [6.45, 7) is 0.270. The first-order valence-electron chi connectivity index (χ1n) is 11.1. The van der Waals surface area contributed by atoms with E-state index < -0.39 is 0 Å². The van der Waals surface area contributed by atoms with Gasteiger partial charge in [0.05, 0.1) is 5.52 Å². The normalized spacial score (nSPS) is 12.9. The molecule has 1 amide bonds. The second kappa shape index (κ2) is 9.12. The number of amides is 1. The Labute approximate surface area is 197 Å². The third kappa shape index (κ3) is 4.50. The van der Waals surface area contributed by atoms with Gasteiger partial charge in [-0.25, -0.2) is 0 Å². The number of carbonyl (C=O) groups excluding carboxylic acids is 1. The number of rotatable bonds is 5. The van der Waals surface area contributed by atoms with Crippen molar-refractivity contribution in [2.24, 2.45) is 0 Å². The minimum absolute atomic E-state index is 0.200. The first kappa shape index (κ1) is 21.3. The van der Waals surface area contributed by atoms with Gasteiger partial charge in [0.2, 0.25) is 0 Å². The predicted molar refractivity (Wildman–Crippen MR) is 133 cm³/mol. The molecule has 6 heteroatoms. The largest absolute Gasteiger partial charge is 0.489 e. The van der Waals surface area contributed by atoms with Crippen LogP contribution >= 0.6 is 11.6 Å². The number of pyridine rings is 1. The van der Waals surface area contributed by atoms with Gasteiger partial charge in [-0.15, -0.1) is 0 Å². The van der Waals surface area contributed by atoms with Gasteiger partial charge in [-0.2, -0.15) is 0 Å². The van der Waals surface area contributed by atoms with E-state index in [1.807, 2.05) is 36.4 Å². The van der Waals surface area contributed by atoms with E-state index in [1.54, 1.807) is 30.3 Å². The Balaban J connectivity index is 1.37. The SMILES string of the molecule is Nc1c2c(nc3ccc(NC(=O)c4ccccc4COc4ccc(Cl)cc4)cc13)CCCC2. The summed E-state index contributed by atoms with van der Waals surface area (Å²) < 4.78 is 5.85. The number of hydrogen-bond acceptors (Lipinski definition) is 4. The monoisotopic (exact) mass is 457 g/mol. The van der Waals surface area contributed by atoms with Crippen molar-refractivity contribution in [2.45, 2.75) is 32.3 Å². The molecule has 33 heavy (non-hydrogen) atoms. The third-order valence-electron chi connectivity index (χ3n) is 6.03. The van der Waals surface area contributed by atoms with E-state index >= 15 is 0 Å². The summed E-state index contributed by atoms with van der Waals surface area (Å²) in [4.78, 5) is 17.9. The minimum atomic E-state index is -0.200. The maximum absolute atomic E-state index is 13.1. The minimum Gasteiger partial charge on any atom is -0.489 e. The summed E-state index contributed by atoms with van der Waals surface area (Å²) in [5, 5.41) is 4.54. The first-order chi connectivity index (χ1) is 16.1. The molecule has 1 aliphatic rings. The molecule has 0 spiro atoms. The molecule has 0 aliphatic heterocycles. The van der Waals surface area contributed by atoms with Gasteiger partial charge in [-0.1, -0.05) is 29.8 Å². The molecule has 1 aliphatic carbocycles. The van der Waals surface area contributed by atoms with Crippen LogP contribution in [0.25, 0.3) is 10.9 Å². The molecule has 166 valence electrons. The summed E-state index contributed by atoms with van der Waals surface area (Å²) in [6.07, 6.45) is 4.22. The van der Waals surface area contributed by atoms with E-state index in [0.717, 1.165) is 59.1 Å². The summed E-state index contributed by atoms with van der Waals surface area (Å²) >= 11 is 5.93. The maximum Gasteiger partial charge on any atom is 0.256 e. The van der Waals surface area contributed by atoms with E-state index in [4.69, 9.17) is 27.1 Å². The van der Waals surface area contributed by atoms with E-state index in [1.165, 1.54) is 0 Å². The Hall–Kier alpha value is -3.57. The number of anilines is 2. The highest BCUT2D eigenvalue weighted by molar-refractivity contribution is 6.30. The molecule has 5 rings (SSSR count). The standard InChI is InChI=1S/C27H24ClN3O2/c28-18-9-12-20(13-10-18)33-16-17-5-1-2-6-21(17)27(32)30-19-11-14-25-23(15-19)26(29)22-7-3-4-8-24(22)31-25/h1-2,5-6,9-15H,3-4,7-8,16H2,(H2,29,31)(H,30,32). The Morgan fingerprint density at radius 2 is 1.82 bits per heavy atom. The van der Waals surface area contributed by atoms with Crippen molar-refractivity contribution in [1.82, 2.24) is 4.98 Å². The van der Waals surface area contributed by atoms with E-state index in [9.17, 15) is 4.79 Å². The molecule has 1 heterocycles. The number of aryl methyl sites for hydroxylation is 1. The van der Waals surface area contributed by atoms with Crippen molar-refractivity contribution in [1.29, 1.82) is 0 Å². The van der Waals surface area contributed by atoms with Crippen LogP contribution < -0.4 is 15.8 Å². The highest BCUT2D eigenvalue weighted by Crippen LogP contribution is 2.32. The molecule has 1 aromatic heterocycles. The lowest BCUT2D eigenvalue weighted by molar-refractivity contribution is 0.102. The van der Waals surface area contributed by atoms with Gasteiger partial charge in [0.15, 0.2) is 0 Å². The fraction of sp³-hybridized carbons (Fsp3) is 0.185. The number of carbonyl (C=O) groups is 1. The van der Waals surface area contributed by atoms with Crippen molar-refractivity contribution in [3.8, 4) is 5.75 Å². The highest BCUT2D eigenvalue weighted by Gasteiger charge is 2.17. The van der Waals surface area contributed by atoms with Crippen molar-refractivity contribution in [3.63, 3.8) is 0 Å². The second-order valence-electron chi connectivity index (χ2n) is 8.24. The average Bonchev–Trinajstić information content (AvgIpc) is 2.84. The zero-order valence-corrected chi connectivity index (χ0v) is 18.9. The van der Waals surface area contributed by atoms with Gasteiger partial charge < -0.3 is 15.8 Å². The average molecular weight is 458 g/mol. The van der Waals surface area contributed by atoms with E-state index in [0.29, 0.717) is 22.0 Å². The summed E-state index contributed by atoms with van der Waals surface area (Å²) in [7, 11) is 0. The lowest BCUT2D eigenvalue weighted by Crippen LogP contribution is -2.15. The van der Waals surface area contributed by atoms with Gasteiger partial charge in [0.1, 0.15) is 12.4 Å². The van der Waals surface area contributed by atoms with Gasteiger partial charge in [-0.05, 0) is 79.8 Å². The van der Waals surface area contributed by atoms with E-state index in [2.05, 4.69) is 5.32 Å². The summed E-state index contributed by atoms with van der Waals surface area (Å²) in [5.41, 5.74) is 12.4. The molecule has 0 radical (unpaired) electrons. The van der Waals surface area contributed by atoms with Crippen LogP contribution in [0.1, 0.15) is 40.0 Å². The highest BCUT2D eigenvalue weighted by atomic mass is 35.5. The summed E-state index contributed by atoms with van der Waals surface area (Å²) in [6, 6.07) is 20.3. The molecule has 3 aromatic carbocycles. The predicted octanol–water partition coefficient (Wildman–Crippen LogP) is 6.18. The molecular weight excluding hydrogens is 434 g/mol. The van der Waals surface area contributed by atoms with Crippen LogP contribution in [0, 0.1) is 0 Å². The Morgan fingerprint density at radius 3 is 2.67 bits per heavy atom. The molecule has 0 saturated carbocycles. The zero-order chi connectivity index (χ0) is 22.8. The maximum atomic E-state index is 13.1. The first-order valence-corrected chi connectivity index (χ1v) is 11.4. The van der Waals surface area contributed by atoms with E-state index in [-0.39, 0.29) is 12.5 Å². The summed E-state index contributed by atoms with van der Waals surface area (Å²) in [5.74, 6) is 0.490. The Kier molecular flexibility index (Phi) is 5.88. The van der Waals surface area contributed by atoms with Crippen molar-refractivity contribution in [3.05, 3.63) is 94.1 Å². The van der Waals surface area contributed by atoms with Gasteiger partial charge >= 0.3 is 0 Å². The number of aromatic nitrogens is 1. The number of nitrogens with zero attached hydrogens (tertiary/aromatic N) is 1. The fourth-order valence-electron chi connectivity index (χ4n) is 4.30. The topological polar surface area (TPSA) is 77.2 Å². The van der Waals surface area contributed by atoms with Crippen LogP contribution in [-0.4, -0.2) is 10.9 Å². The number of hydrogen-bond donors (Lipinski definition) is 2. The number of benzene rings is 3. The number of nitrogens with one attached hydrogen (secondary N) is 1. The molecule has 0 fully saturated rings. The van der Waals surface area contributed by atoms with Crippen LogP contribution in [0.3, 0.4) is 0 Å². The van der Waals surface area contributed by atoms with Crippen LogP contribution in [-0.2, 0) is 19.4 Å².